The summed E-state index contributed by atoms with van der Waals surface area (Å²) < 4.78 is 7.31. The highest BCUT2D eigenvalue weighted by atomic mass is 16.5. The zero-order valence-corrected chi connectivity index (χ0v) is 13.0. The summed E-state index contributed by atoms with van der Waals surface area (Å²) in [5, 5.41) is 2.87. The van der Waals surface area contributed by atoms with Crippen molar-refractivity contribution in [2.75, 3.05) is 18.5 Å². The van der Waals surface area contributed by atoms with Crippen molar-refractivity contribution in [3.05, 3.63) is 32.6 Å². The summed E-state index contributed by atoms with van der Waals surface area (Å²) in [7, 11) is 2.91. The molecule has 8 heteroatoms. The lowest BCUT2D eigenvalue weighted by atomic mass is 10.2. The molecule has 2 aromatic heterocycles. The topological polar surface area (TPSA) is 95.2 Å². The second-order valence-electron chi connectivity index (χ2n) is 4.91. The molecule has 22 heavy (non-hydrogen) atoms. The maximum atomic E-state index is 12.4. The number of ether oxygens (including phenoxy) is 1. The van der Waals surface area contributed by atoms with Crippen LogP contribution in [0.15, 0.2) is 15.8 Å². The van der Waals surface area contributed by atoms with E-state index in [1.807, 2.05) is 0 Å². The molecule has 0 fully saturated rings. The molecular formula is C14H18N4O4. The normalized spacial score (nSPS) is 10.9. The van der Waals surface area contributed by atoms with Crippen LogP contribution in [0.4, 0.5) is 5.69 Å². The van der Waals surface area contributed by atoms with Crippen LogP contribution in [-0.2, 0) is 23.6 Å². The Labute approximate surface area is 126 Å². The van der Waals surface area contributed by atoms with Crippen LogP contribution in [0, 0.1) is 6.92 Å². The number of anilines is 1. The van der Waals surface area contributed by atoms with Crippen molar-refractivity contribution in [3.63, 3.8) is 0 Å². The molecule has 2 rings (SSSR count). The Bertz CT molecular complexity index is 851. The van der Waals surface area contributed by atoms with E-state index in [2.05, 4.69) is 10.3 Å². The van der Waals surface area contributed by atoms with Gasteiger partial charge in [-0.1, -0.05) is 0 Å². The van der Waals surface area contributed by atoms with Gasteiger partial charge in [0.1, 0.15) is 12.0 Å². The third-order valence-corrected chi connectivity index (χ3v) is 3.36. The first-order chi connectivity index (χ1) is 10.4. The molecule has 118 valence electrons. The molecule has 0 saturated carbocycles. The van der Waals surface area contributed by atoms with Gasteiger partial charge in [0.25, 0.3) is 5.56 Å². The number of pyridine rings is 1. The molecule has 0 radical (unpaired) electrons. The van der Waals surface area contributed by atoms with E-state index in [0.717, 1.165) is 4.57 Å². The maximum absolute atomic E-state index is 12.4. The van der Waals surface area contributed by atoms with Crippen molar-refractivity contribution in [1.82, 2.24) is 14.1 Å². The fourth-order valence-corrected chi connectivity index (χ4v) is 2.15. The second-order valence-corrected chi connectivity index (χ2v) is 4.91. The Morgan fingerprint density at radius 2 is 2.00 bits per heavy atom. The molecule has 0 spiro atoms. The van der Waals surface area contributed by atoms with Gasteiger partial charge in [-0.25, -0.2) is 9.78 Å². The predicted molar refractivity (Wildman–Crippen MR) is 82.1 cm³/mol. The summed E-state index contributed by atoms with van der Waals surface area (Å²) in [5.41, 5.74) is 0.242. The highest BCUT2D eigenvalue weighted by Gasteiger charge is 2.17. The monoisotopic (exact) mass is 306 g/mol. The van der Waals surface area contributed by atoms with Gasteiger partial charge in [-0.05, 0) is 19.4 Å². The Morgan fingerprint density at radius 1 is 1.32 bits per heavy atom. The van der Waals surface area contributed by atoms with Gasteiger partial charge in [-0.3, -0.25) is 18.7 Å². The third kappa shape index (κ3) is 2.64. The first-order valence-electron chi connectivity index (χ1n) is 6.81. The van der Waals surface area contributed by atoms with Crippen LogP contribution in [0.5, 0.6) is 0 Å². The summed E-state index contributed by atoms with van der Waals surface area (Å²) in [4.78, 5) is 40.4. The first-order valence-corrected chi connectivity index (χ1v) is 6.81. The number of nitrogens with one attached hydrogen (secondary N) is 1. The summed E-state index contributed by atoms with van der Waals surface area (Å²) in [6.45, 7) is 3.82. The first kappa shape index (κ1) is 15.9. The summed E-state index contributed by atoms with van der Waals surface area (Å²) in [6, 6.07) is 0. The van der Waals surface area contributed by atoms with E-state index in [9.17, 15) is 14.4 Å². The Balaban J connectivity index is 2.68. The standard InChI is InChI=1S/C14H18N4O4/c1-5-22-7-9(19)16-11-8(2)6-15-12-10(11)13(20)18(4)14(21)17(12)3/h6H,5,7H2,1-4H3,(H,15,16,19). The predicted octanol–water partition coefficient (Wildman–Crippen LogP) is -0.0844. The molecule has 2 heterocycles. The number of aromatic nitrogens is 3. The molecule has 8 nitrogen and oxygen atoms in total. The quantitative estimate of drug-likeness (QED) is 0.852. The van der Waals surface area contributed by atoms with E-state index in [4.69, 9.17) is 4.74 Å². The molecule has 2 aromatic rings. The Morgan fingerprint density at radius 3 is 2.64 bits per heavy atom. The van der Waals surface area contributed by atoms with Gasteiger partial charge in [-0.2, -0.15) is 0 Å². The number of hydrogen-bond acceptors (Lipinski definition) is 5. The SMILES string of the molecule is CCOCC(=O)Nc1c(C)cnc2c1c(=O)n(C)c(=O)n2C. The summed E-state index contributed by atoms with van der Waals surface area (Å²) >= 11 is 0. The number of carbonyl (C=O) groups is 1. The van der Waals surface area contributed by atoms with Gasteiger partial charge in [-0.15, -0.1) is 0 Å². The number of nitrogens with zero attached hydrogens (tertiary/aromatic N) is 3. The average molecular weight is 306 g/mol. The fourth-order valence-electron chi connectivity index (χ4n) is 2.15. The van der Waals surface area contributed by atoms with Gasteiger partial charge in [0.15, 0.2) is 5.65 Å². The van der Waals surface area contributed by atoms with Crippen LogP contribution < -0.4 is 16.6 Å². The van der Waals surface area contributed by atoms with Gasteiger partial charge >= 0.3 is 5.69 Å². The van der Waals surface area contributed by atoms with E-state index in [1.54, 1.807) is 13.8 Å². The van der Waals surface area contributed by atoms with Crippen LogP contribution in [0.2, 0.25) is 0 Å². The molecule has 0 saturated heterocycles. The smallest absolute Gasteiger partial charge is 0.332 e. The molecule has 0 atom stereocenters. The molecule has 0 unspecified atom stereocenters. The van der Waals surface area contributed by atoms with Crippen molar-refractivity contribution in [2.24, 2.45) is 14.1 Å². The molecule has 1 N–H and O–H groups in total. The van der Waals surface area contributed by atoms with Crippen LogP contribution in [0.3, 0.4) is 0 Å². The van der Waals surface area contributed by atoms with Crippen LogP contribution in [0.1, 0.15) is 12.5 Å². The van der Waals surface area contributed by atoms with Gasteiger partial charge in [0.2, 0.25) is 5.91 Å². The molecule has 1 amide bonds. The van der Waals surface area contributed by atoms with E-state index >= 15 is 0 Å². The lowest BCUT2D eigenvalue weighted by Crippen LogP contribution is -2.38. The number of aryl methyl sites for hydroxylation is 2. The summed E-state index contributed by atoms with van der Waals surface area (Å²) in [5.74, 6) is -0.367. The van der Waals surface area contributed by atoms with E-state index in [0.29, 0.717) is 17.9 Å². The largest absolute Gasteiger partial charge is 0.372 e. The zero-order chi connectivity index (χ0) is 16.4. The number of carbonyl (C=O) groups excluding carboxylic acids is 1. The average Bonchev–Trinajstić information content (AvgIpc) is 2.50. The molecule has 0 aliphatic heterocycles. The minimum Gasteiger partial charge on any atom is -0.372 e. The van der Waals surface area contributed by atoms with Crippen molar-refractivity contribution < 1.29 is 9.53 Å². The van der Waals surface area contributed by atoms with Gasteiger partial charge < -0.3 is 10.1 Å². The van der Waals surface area contributed by atoms with Crippen LogP contribution in [0.25, 0.3) is 11.0 Å². The zero-order valence-electron chi connectivity index (χ0n) is 13.0. The fraction of sp³-hybridized carbons (Fsp3) is 0.429. The van der Waals surface area contributed by atoms with Crippen LogP contribution >= 0.6 is 0 Å². The lowest BCUT2D eigenvalue weighted by molar-refractivity contribution is -0.120. The molecule has 0 bridgehead atoms. The molecule has 0 aromatic carbocycles. The third-order valence-electron chi connectivity index (χ3n) is 3.36. The van der Waals surface area contributed by atoms with E-state index in [-0.39, 0.29) is 23.5 Å². The minimum absolute atomic E-state index is 0.105. The Hall–Kier alpha value is -2.48. The van der Waals surface area contributed by atoms with E-state index < -0.39 is 11.2 Å². The van der Waals surface area contributed by atoms with Gasteiger partial charge in [0, 0.05) is 26.9 Å². The maximum Gasteiger partial charge on any atom is 0.332 e. The minimum atomic E-state index is -0.499. The van der Waals surface area contributed by atoms with Crippen molar-refractivity contribution in [1.29, 1.82) is 0 Å². The van der Waals surface area contributed by atoms with Gasteiger partial charge in [0.05, 0.1) is 5.69 Å². The van der Waals surface area contributed by atoms with Crippen molar-refractivity contribution in [2.45, 2.75) is 13.8 Å². The highest BCUT2D eigenvalue weighted by molar-refractivity contribution is 6.01. The second kappa shape index (κ2) is 6.10. The molecule has 0 aliphatic carbocycles. The number of fused-ring (bicyclic) bond motifs is 1. The number of rotatable bonds is 4. The number of amides is 1. The summed E-state index contributed by atoms with van der Waals surface area (Å²) in [6.07, 6.45) is 1.51. The Kier molecular flexibility index (Phi) is 4.41. The molecular weight excluding hydrogens is 288 g/mol. The van der Waals surface area contributed by atoms with E-state index in [1.165, 1.54) is 24.9 Å². The van der Waals surface area contributed by atoms with Crippen LogP contribution in [-0.4, -0.2) is 33.2 Å². The van der Waals surface area contributed by atoms with Crippen molar-refractivity contribution in [3.8, 4) is 0 Å². The highest BCUT2D eigenvalue weighted by Crippen LogP contribution is 2.21. The number of hydrogen-bond donors (Lipinski definition) is 1. The molecule has 0 aliphatic rings. The van der Waals surface area contributed by atoms with Crippen molar-refractivity contribution >= 4 is 22.6 Å². The lowest BCUT2D eigenvalue weighted by Gasteiger charge is -2.13.